The molecule has 130 valence electrons. The van der Waals surface area contributed by atoms with Crippen LogP contribution in [0.15, 0.2) is 52.2 Å². The molecule has 0 aliphatic heterocycles. The molecule has 0 bridgehead atoms. The van der Waals surface area contributed by atoms with Gasteiger partial charge in [-0.2, -0.15) is 13.2 Å². The zero-order valence-electron chi connectivity index (χ0n) is 12.4. The van der Waals surface area contributed by atoms with Crippen molar-refractivity contribution in [3.05, 3.63) is 64.7 Å². The molecule has 3 aromatic rings. The van der Waals surface area contributed by atoms with E-state index in [9.17, 15) is 18.0 Å². The summed E-state index contributed by atoms with van der Waals surface area (Å²) >= 11 is 2.99. The van der Waals surface area contributed by atoms with Gasteiger partial charge < -0.3 is 14.3 Å². The minimum absolute atomic E-state index is 0.000645. The lowest BCUT2D eigenvalue weighted by Crippen LogP contribution is -2.11. The fourth-order valence-corrected chi connectivity index (χ4v) is 2.38. The Kier molecular flexibility index (Phi) is 4.62. The van der Waals surface area contributed by atoms with Gasteiger partial charge in [0.05, 0.1) is 18.1 Å². The number of alkyl halides is 3. The minimum Gasteiger partial charge on any atom is -0.426 e. The first-order valence-corrected chi connectivity index (χ1v) is 7.71. The number of hydrogen-bond acceptors (Lipinski definition) is 4. The van der Waals surface area contributed by atoms with Gasteiger partial charge in [0, 0.05) is 28.7 Å². The van der Waals surface area contributed by atoms with Gasteiger partial charge in [-0.15, -0.1) is 0 Å². The number of hydrogen-bond donors (Lipinski definition) is 1. The molecule has 0 radical (unpaired) electrons. The molecule has 0 aliphatic carbocycles. The Morgan fingerprint density at radius 1 is 1.32 bits per heavy atom. The van der Waals surface area contributed by atoms with E-state index in [-0.39, 0.29) is 22.9 Å². The summed E-state index contributed by atoms with van der Waals surface area (Å²) in [4.78, 5) is 19.8. The second-order valence-corrected chi connectivity index (χ2v) is 5.74. The average Bonchev–Trinajstić information content (AvgIpc) is 3.16. The van der Waals surface area contributed by atoms with Gasteiger partial charge in [0.2, 0.25) is 5.76 Å². The molecule has 0 fully saturated rings. The molecule has 0 atom stereocenters. The molecule has 3 rings (SSSR count). The van der Waals surface area contributed by atoms with Crippen LogP contribution in [0.4, 0.5) is 19.0 Å². The SMILES string of the molecule is O=C(Nc1cn(Cc2cccc(C(F)(F)F)c2)cn1)c1cnc(Br)o1. The molecule has 0 saturated carbocycles. The van der Waals surface area contributed by atoms with Gasteiger partial charge in [-0.25, -0.2) is 9.97 Å². The van der Waals surface area contributed by atoms with Crippen LogP contribution in [0.25, 0.3) is 0 Å². The van der Waals surface area contributed by atoms with Crippen LogP contribution in [0, 0.1) is 0 Å². The first kappa shape index (κ1) is 17.2. The lowest BCUT2D eigenvalue weighted by molar-refractivity contribution is -0.137. The average molecular weight is 415 g/mol. The number of nitrogens with one attached hydrogen (secondary N) is 1. The number of imidazole rings is 1. The third-order valence-corrected chi connectivity index (χ3v) is 3.56. The topological polar surface area (TPSA) is 73.0 Å². The van der Waals surface area contributed by atoms with Crippen molar-refractivity contribution >= 4 is 27.7 Å². The van der Waals surface area contributed by atoms with Crippen LogP contribution in [0.3, 0.4) is 0 Å². The summed E-state index contributed by atoms with van der Waals surface area (Å²) in [5.74, 6) is -0.300. The van der Waals surface area contributed by atoms with E-state index in [1.54, 1.807) is 10.6 Å². The summed E-state index contributed by atoms with van der Waals surface area (Å²) < 4.78 is 44.8. The van der Waals surface area contributed by atoms with Crippen molar-refractivity contribution in [1.29, 1.82) is 0 Å². The Hall–Kier alpha value is -2.62. The second kappa shape index (κ2) is 6.71. The van der Waals surface area contributed by atoms with Crippen LogP contribution < -0.4 is 5.32 Å². The smallest absolute Gasteiger partial charge is 0.416 e. The first-order chi connectivity index (χ1) is 11.8. The van der Waals surface area contributed by atoms with Crippen molar-refractivity contribution in [1.82, 2.24) is 14.5 Å². The van der Waals surface area contributed by atoms with Gasteiger partial charge in [0.1, 0.15) is 0 Å². The monoisotopic (exact) mass is 414 g/mol. The van der Waals surface area contributed by atoms with Crippen molar-refractivity contribution in [3.8, 4) is 0 Å². The fourth-order valence-electron chi connectivity index (χ4n) is 2.10. The molecule has 6 nitrogen and oxygen atoms in total. The predicted octanol–water partition coefficient (Wildman–Crippen LogP) is 3.95. The van der Waals surface area contributed by atoms with E-state index in [2.05, 4.69) is 31.2 Å². The van der Waals surface area contributed by atoms with Crippen molar-refractivity contribution in [3.63, 3.8) is 0 Å². The number of nitrogens with zero attached hydrogens (tertiary/aromatic N) is 3. The molecule has 25 heavy (non-hydrogen) atoms. The van der Waals surface area contributed by atoms with E-state index in [1.807, 2.05) is 0 Å². The van der Waals surface area contributed by atoms with Gasteiger partial charge in [0.25, 0.3) is 10.7 Å². The number of anilines is 1. The van der Waals surface area contributed by atoms with Crippen LogP contribution in [0.5, 0.6) is 0 Å². The zero-order valence-corrected chi connectivity index (χ0v) is 14.0. The highest BCUT2D eigenvalue weighted by atomic mass is 79.9. The van der Waals surface area contributed by atoms with E-state index in [4.69, 9.17) is 4.42 Å². The molecule has 0 spiro atoms. The van der Waals surface area contributed by atoms with Gasteiger partial charge in [0.15, 0.2) is 5.82 Å². The number of aromatic nitrogens is 3. The number of amides is 1. The molecular weight excluding hydrogens is 405 g/mol. The Morgan fingerprint density at radius 2 is 2.12 bits per heavy atom. The molecule has 0 aliphatic rings. The van der Waals surface area contributed by atoms with Gasteiger partial charge in [-0.3, -0.25) is 4.79 Å². The van der Waals surface area contributed by atoms with Crippen LogP contribution in [-0.4, -0.2) is 20.4 Å². The highest BCUT2D eigenvalue weighted by Gasteiger charge is 2.30. The molecule has 1 N–H and O–H groups in total. The van der Waals surface area contributed by atoms with E-state index in [1.165, 1.54) is 24.8 Å². The molecule has 0 saturated heterocycles. The second-order valence-electron chi connectivity index (χ2n) is 5.06. The van der Waals surface area contributed by atoms with Crippen molar-refractivity contribution in [2.75, 3.05) is 5.32 Å². The third-order valence-electron chi connectivity index (χ3n) is 3.20. The summed E-state index contributed by atoms with van der Waals surface area (Å²) in [6, 6.07) is 5.02. The Balaban J connectivity index is 1.69. The molecule has 0 unspecified atom stereocenters. The predicted molar refractivity (Wildman–Crippen MR) is 84.9 cm³/mol. The highest BCUT2D eigenvalue weighted by molar-refractivity contribution is 9.10. The number of rotatable bonds is 4. The molecule has 1 aromatic carbocycles. The summed E-state index contributed by atoms with van der Waals surface area (Å²) in [6.45, 7) is 0.181. The van der Waals surface area contributed by atoms with Crippen molar-refractivity contribution in [2.24, 2.45) is 0 Å². The minimum atomic E-state index is -4.39. The van der Waals surface area contributed by atoms with Crippen LogP contribution in [0.1, 0.15) is 21.7 Å². The molecule has 1 amide bonds. The number of halogens is 4. The maximum absolute atomic E-state index is 12.7. The summed E-state index contributed by atoms with van der Waals surface area (Å²) in [7, 11) is 0. The highest BCUT2D eigenvalue weighted by Crippen LogP contribution is 2.29. The lowest BCUT2D eigenvalue weighted by Gasteiger charge is -2.09. The summed E-state index contributed by atoms with van der Waals surface area (Å²) in [6.07, 6.45) is -0.232. The van der Waals surface area contributed by atoms with Crippen molar-refractivity contribution < 1.29 is 22.4 Å². The maximum atomic E-state index is 12.7. The van der Waals surface area contributed by atoms with E-state index < -0.39 is 17.6 Å². The van der Waals surface area contributed by atoms with Crippen LogP contribution in [0.2, 0.25) is 0 Å². The Morgan fingerprint density at radius 3 is 2.80 bits per heavy atom. The van der Waals surface area contributed by atoms with Crippen LogP contribution in [-0.2, 0) is 12.7 Å². The van der Waals surface area contributed by atoms with Crippen LogP contribution >= 0.6 is 15.9 Å². The maximum Gasteiger partial charge on any atom is 0.416 e. The molecule has 2 heterocycles. The molecular formula is C15H10BrF3N4O2. The number of benzene rings is 1. The Bertz CT molecular complexity index is 904. The quantitative estimate of drug-likeness (QED) is 0.701. The van der Waals surface area contributed by atoms with E-state index >= 15 is 0 Å². The third kappa shape index (κ3) is 4.27. The van der Waals surface area contributed by atoms with E-state index in [0.717, 1.165) is 12.1 Å². The van der Waals surface area contributed by atoms with Gasteiger partial charge in [-0.1, -0.05) is 12.1 Å². The largest absolute Gasteiger partial charge is 0.426 e. The standard InChI is InChI=1S/C15H10BrF3N4O2/c16-14-20-5-11(25-14)13(24)22-12-7-23(8-21-12)6-9-2-1-3-10(4-9)15(17,18)19/h1-5,7-8H,6H2,(H,22,24). The number of carbonyl (C=O) groups excluding carboxylic acids is 1. The first-order valence-electron chi connectivity index (χ1n) is 6.92. The zero-order chi connectivity index (χ0) is 18.0. The molecule has 10 heteroatoms. The molecule has 2 aromatic heterocycles. The fraction of sp³-hybridized carbons (Fsp3) is 0.133. The van der Waals surface area contributed by atoms with Gasteiger partial charge in [-0.05, 0) is 17.7 Å². The van der Waals surface area contributed by atoms with Gasteiger partial charge >= 0.3 is 6.18 Å². The summed E-state index contributed by atoms with van der Waals surface area (Å²) in [5, 5.41) is 2.51. The lowest BCUT2D eigenvalue weighted by atomic mass is 10.1. The number of oxazole rings is 1. The number of carbonyl (C=O) groups is 1. The van der Waals surface area contributed by atoms with E-state index in [0.29, 0.717) is 5.56 Å². The normalized spacial score (nSPS) is 11.5. The Labute approximate surface area is 147 Å². The summed E-state index contributed by atoms with van der Waals surface area (Å²) in [5.41, 5.74) is -0.251. The van der Waals surface area contributed by atoms with Crippen molar-refractivity contribution in [2.45, 2.75) is 12.7 Å².